The summed E-state index contributed by atoms with van der Waals surface area (Å²) in [5.41, 5.74) is 0.679. The Morgan fingerprint density at radius 1 is 1.12 bits per heavy atom. The average Bonchev–Trinajstić information content (AvgIpc) is 3.09. The van der Waals surface area contributed by atoms with Crippen molar-refractivity contribution in [1.29, 1.82) is 0 Å². The van der Waals surface area contributed by atoms with Crippen LogP contribution in [0.25, 0.3) is 0 Å². The van der Waals surface area contributed by atoms with E-state index in [9.17, 15) is 27.2 Å². The number of ether oxygens (including phenoxy) is 1. The minimum absolute atomic E-state index is 0.0829. The van der Waals surface area contributed by atoms with Crippen LogP contribution in [0.4, 0.5) is 17.6 Å². The van der Waals surface area contributed by atoms with Crippen LogP contribution in [-0.4, -0.2) is 60.1 Å². The van der Waals surface area contributed by atoms with Crippen molar-refractivity contribution >= 4 is 11.8 Å². The number of nitrogens with zero attached hydrogens (tertiary/aromatic N) is 2. The lowest BCUT2D eigenvalue weighted by Gasteiger charge is -2.36. The molecule has 5 nitrogen and oxygen atoms in total. The zero-order chi connectivity index (χ0) is 18.9. The molecule has 0 bridgehead atoms. The fourth-order valence-corrected chi connectivity index (χ4v) is 3.37. The quantitative estimate of drug-likeness (QED) is 0.747. The van der Waals surface area contributed by atoms with Crippen LogP contribution < -0.4 is 0 Å². The third kappa shape index (κ3) is 3.82. The Balaban J connectivity index is 1.70. The van der Waals surface area contributed by atoms with Crippen molar-refractivity contribution in [2.75, 3.05) is 26.2 Å². The normalized spacial score (nSPS) is 24.0. The van der Waals surface area contributed by atoms with Crippen molar-refractivity contribution in [3.05, 3.63) is 35.6 Å². The summed E-state index contributed by atoms with van der Waals surface area (Å²) in [7, 11) is 0. The van der Waals surface area contributed by atoms with Gasteiger partial charge in [-0.15, -0.1) is 0 Å². The van der Waals surface area contributed by atoms with Gasteiger partial charge in [0.25, 0.3) is 0 Å². The van der Waals surface area contributed by atoms with E-state index in [1.807, 2.05) is 0 Å². The molecule has 0 N–H and O–H groups in total. The van der Waals surface area contributed by atoms with Crippen LogP contribution in [0.5, 0.6) is 0 Å². The SMILES string of the molecule is O=C(C1CCCN1C(=O)C(F)(F)F)N1CCOC(c2ccc(F)cc2)C1. The molecule has 2 saturated heterocycles. The van der Waals surface area contributed by atoms with Crippen LogP contribution in [0.3, 0.4) is 0 Å². The number of halogens is 4. The third-order valence-electron chi connectivity index (χ3n) is 4.66. The molecule has 1 aromatic rings. The molecule has 0 aliphatic carbocycles. The summed E-state index contributed by atoms with van der Waals surface area (Å²) in [5.74, 6) is -2.88. The zero-order valence-electron chi connectivity index (χ0n) is 13.8. The maximum Gasteiger partial charge on any atom is 0.471 e. The minimum Gasteiger partial charge on any atom is -0.370 e. The van der Waals surface area contributed by atoms with Gasteiger partial charge in [0.05, 0.1) is 13.2 Å². The van der Waals surface area contributed by atoms with E-state index in [4.69, 9.17) is 4.74 Å². The van der Waals surface area contributed by atoms with Crippen molar-refractivity contribution in [1.82, 2.24) is 9.80 Å². The Labute approximate surface area is 147 Å². The summed E-state index contributed by atoms with van der Waals surface area (Å²) in [6.45, 7) is 0.518. The van der Waals surface area contributed by atoms with E-state index in [1.54, 1.807) is 12.1 Å². The molecule has 3 rings (SSSR count). The minimum atomic E-state index is -5.00. The Morgan fingerprint density at radius 3 is 2.46 bits per heavy atom. The molecule has 2 amide bonds. The van der Waals surface area contributed by atoms with Gasteiger partial charge < -0.3 is 14.5 Å². The van der Waals surface area contributed by atoms with Crippen molar-refractivity contribution in [2.45, 2.75) is 31.2 Å². The number of rotatable bonds is 2. The second-order valence-electron chi connectivity index (χ2n) is 6.35. The van der Waals surface area contributed by atoms with E-state index in [0.717, 1.165) is 0 Å². The first kappa shape index (κ1) is 18.6. The lowest BCUT2D eigenvalue weighted by Crippen LogP contribution is -2.53. The molecule has 2 fully saturated rings. The fourth-order valence-electron chi connectivity index (χ4n) is 3.37. The van der Waals surface area contributed by atoms with Crippen molar-refractivity contribution < 1.29 is 31.9 Å². The van der Waals surface area contributed by atoms with Gasteiger partial charge >= 0.3 is 12.1 Å². The fraction of sp³-hybridized carbons (Fsp3) is 0.529. The smallest absolute Gasteiger partial charge is 0.370 e. The van der Waals surface area contributed by atoms with Crippen LogP contribution in [0.15, 0.2) is 24.3 Å². The number of likely N-dealkylation sites (tertiary alicyclic amines) is 1. The largest absolute Gasteiger partial charge is 0.471 e. The van der Waals surface area contributed by atoms with E-state index in [1.165, 1.54) is 17.0 Å². The first-order valence-corrected chi connectivity index (χ1v) is 8.31. The highest BCUT2D eigenvalue weighted by Gasteiger charge is 2.48. The van der Waals surface area contributed by atoms with E-state index in [0.29, 0.717) is 16.9 Å². The Bertz CT molecular complexity index is 678. The molecule has 9 heteroatoms. The Morgan fingerprint density at radius 2 is 1.81 bits per heavy atom. The van der Waals surface area contributed by atoms with Gasteiger partial charge in [-0.25, -0.2) is 4.39 Å². The first-order valence-electron chi connectivity index (χ1n) is 8.31. The van der Waals surface area contributed by atoms with E-state index in [-0.39, 0.29) is 32.7 Å². The lowest BCUT2D eigenvalue weighted by atomic mass is 10.1. The third-order valence-corrected chi connectivity index (χ3v) is 4.66. The monoisotopic (exact) mass is 374 g/mol. The molecule has 1 aromatic carbocycles. The van der Waals surface area contributed by atoms with Crippen molar-refractivity contribution in [3.63, 3.8) is 0 Å². The molecule has 0 spiro atoms. The van der Waals surface area contributed by atoms with E-state index in [2.05, 4.69) is 0 Å². The summed E-state index contributed by atoms with van der Waals surface area (Å²) in [5, 5.41) is 0. The van der Waals surface area contributed by atoms with Crippen LogP contribution in [-0.2, 0) is 14.3 Å². The molecular formula is C17H18F4N2O3. The summed E-state index contributed by atoms with van der Waals surface area (Å²) in [6, 6.07) is 4.54. The Kier molecular flexibility index (Phi) is 5.17. The van der Waals surface area contributed by atoms with Crippen molar-refractivity contribution in [3.8, 4) is 0 Å². The van der Waals surface area contributed by atoms with Crippen LogP contribution in [0.2, 0.25) is 0 Å². The van der Waals surface area contributed by atoms with Crippen LogP contribution >= 0.6 is 0 Å². The van der Waals surface area contributed by atoms with Gasteiger partial charge in [0.1, 0.15) is 18.0 Å². The van der Waals surface area contributed by atoms with Gasteiger partial charge in [-0.05, 0) is 30.5 Å². The standard InChI is InChI=1S/C17H18F4N2O3/c18-12-5-3-11(4-6-12)14-10-22(8-9-26-14)15(24)13-2-1-7-23(13)16(25)17(19,20)21/h3-6,13-14H,1-2,7-10H2. The molecule has 0 saturated carbocycles. The van der Waals surface area contributed by atoms with Crippen LogP contribution in [0.1, 0.15) is 24.5 Å². The maximum absolute atomic E-state index is 13.0. The number of amides is 2. The summed E-state index contributed by atoms with van der Waals surface area (Å²) >= 11 is 0. The van der Waals surface area contributed by atoms with Gasteiger partial charge in [-0.2, -0.15) is 13.2 Å². The number of carbonyl (C=O) groups excluding carboxylic acids is 2. The topological polar surface area (TPSA) is 49.9 Å². The number of hydrogen-bond acceptors (Lipinski definition) is 3. The number of alkyl halides is 3. The summed E-state index contributed by atoms with van der Waals surface area (Å²) in [6.07, 6.45) is -4.92. The van der Waals surface area contributed by atoms with Gasteiger partial charge in [-0.1, -0.05) is 12.1 Å². The summed E-state index contributed by atoms with van der Waals surface area (Å²) < 4.78 is 56.8. The molecule has 142 valence electrons. The van der Waals surface area contributed by atoms with Gasteiger partial charge in [-0.3, -0.25) is 9.59 Å². The number of carbonyl (C=O) groups is 2. The number of morpholine rings is 1. The highest BCUT2D eigenvalue weighted by atomic mass is 19.4. The lowest BCUT2D eigenvalue weighted by molar-refractivity contribution is -0.187. The van der Waals surface area contributed by atoms with Gasteiger partial charge in [0, 0.05) is 13.1 Å². The first-order chi connectivity index (χ1) is 12.3. The Hall–Kier alpha value is -2.16. The van der Waals surface area contributed by atoms with Gasteiger partial charge in [0.15, 0.2) is 0 Å². The number of benzene rings is 1. The predicted octanol–water partition coefficient (Wildman–Crippen LogP) is 2.28. The molecular weight excluding hydrogens is 356 g/mol. The second kappa shape index (κ2) is 7.22. The molecule has 2 unspecified atom stereocenters. The predicted molar refractivity (Wildman–Crippen MR) is 82.5 cm³/mol. The number of hydrogen-bond donors (Lipinski definition) is 0. The van der Waals surface area contributed by atoms with E-state index < -0.39 is 36.0 Å². The van der Waals surface area contributed by atoms with Crippen LogP contribution in [0, 0.1) is 5.82 Å². The molecule has 2 atom stereocenters. The second-order valence-corrected chi connectivity index (χ2v) is 6.35. The maximum atomic E-state index is 13.0. The van der Waals surface area contributed by atoms with Crippen molar-refractivity contribution in [2.24, 2.45) is 0 Å². The van der Waals surface area contributed by atoms with Gasteiger partial charge in [0.2, 0.25) is 5.91 Å². The highest BCUT2D eigenvalue weighted by Crippen LogP contribution is 2.29. The highest BCUT2D eigenvalue weighted by molar-refractivity contribution is 5.90. The summed E-state index contributed by atoms with van der Waals surface area (Å²) in [4.78, 5) is 26.3. The molecule has 2 aliphatic rings. The molecule has 0 radical (unpaired) electrons. The molecule has 26 heavy (non-hydrogen) atoms. The molecule has 0 aromatic heterocycles. The average molecular weight is 374 g/mol. The molecule has 2 aliphatic heterocycles. The van der Waals surface area contributed by atoms with E-state index >= 15 is 0 Å². The zero-order valence-corrected chi connectivity index (χ0v) is 13.8. The molecule has 2 heterocycles.